The molecular weight excluding hydrogens is 198 g/mol. The van der Waals surface area contributed by atoms with Gasteiger partial charge in [0.2, 0.25) is 0 Å². The summed E-state index contributed by atoms with van der Waals surface area (Å²) in [6.45, 7) is 1.94. The smallest absolute Gasteiger partial charge is 0.356 e. The van der Waals surface area contributed by atoms with Crippen molar-refractivity contribution in [2.24, 2.45) is 0 Å². The van der Waals surface area contributed by atoms with Gasteiger partial charge in [-0.1, -0.05) is 0 Å². The third-order valence-electron chi connectivity index (χ3n) is 1.81. The summed E-state index contributed by atoms with van der Waals surface area (Å²) in [4.78, 5) is 18.2. The second-order valence-corrected chi connectivity index (χ2v) is 3.15. The van der Waals surface area contributed by atoms with Crippen molar-refractivity contribution in [3.05, 3.63) is 18.1 Å². The Morgan fingerprint density at radius 2 is 2.33 bits per heavy atom. The van der Waals surface area contributed by atoms with Crippen LogP contribution in [-0.2, 0) is 0 Å². The molecule has 0 aliphatic carbocycles. The number of nitrogens with zero attached hydrogens (tertiary/aromatic N) is 2. The molecule has 6 heteroatoms. The highest BCUT2D eigenvalue weighted by atomic mass is 16.4. The zero-order valence-electron chi connectivity index (χ0n) is 8.34. The fourth-order valence-electron chi connectivity index (χ4n) is 1.06. The summed E-state index contributed by atoms with van der Waals surface area (Å²) < 4.78 is 0. The lowest BCUT2D eigenvalue weighted by Crippen LogP contribution is -2.18. The maximum atomic E-state index is 10.6. The fraction of sp³-hybridized carbons (Fsp3) is 0.444. The highest BCUT2D eigenvalue weighted by Gasteiger charge is 2.07. The second kappa shape index (κ2) is 5.26. The first-order valence-corrected chi connectivity index (χ1v) is 4.56. The first-order valence-electron chi connectivity index (χ1n) is 4.56. The molecule has 15 heavy (non-hydrogen) atoms. The molecule has 0 spiro atoms. The van der Waals surface area contributed by atoms with Crippen LogP contribution in [0.5, 0.6) is 0 Å². The minimum Gasteiger partial charge on any atom is -0.476 e. The summed E-state index contributed by atoms with van der Waals surface area (Å²) >= 11 is 0. The molecule has 1 heterocycles. The molecule has 1 unspecified atom stereocenters. The Bertz CT molecular complexity index is 343. The Labute approximate surface area is 87.0 Å². The average molecular weight is 211 g/mol. The van der Waals surface area contributed by atoms with Crippen LogP contribution in [0.4, 0.5) is 5.82 Å². The van der Waals surface area contributed by atoms with Gasteiger partial charge in [0, 0.05) is 12.6 Å². The molecule has 0 aliphatic heterocycles. The van der Waals surface area contributed by atoms with Crippen LogP contribution in [0.1, 0.15) is 23.8 Å². The van der Waals surface area contributed by atoms with E-state index in [1.807, 2.05) is 6.92 Å². The van der Waals surface area contributed by atoms with Crippen molar-refractivity contribution in [2.45, 2.75) is 19.4 Å². The minimum absolute atomic E-state index is 0.0216. The van der Waals surface area contributed by atoms with E-state index in [2.05, 4.69) is 15.3 Å². The monoisotopic (exact) mass is 211 g/mol. The van der Waals surface area contributed by atoms with E-state index in [1.54, 1.807) is 0 Å². The van der Waals surface area contributed by atoms with Gasteiger partial charge in [-0.25, -0.2) is 9.78 Å². The molecular formula is C9H13N3O3. The predicted molar refractivity (Wildman–Crippen MR) is 53.8 cm³/mol. The van der Waals surface area contributed by atoms with Gasteiger partial charge in [-0.15, -0.1) is 0 Å². The van der Waals surface area contributed by atoms with Crippen molar-refractivity contribution < 1.29 is 15.0 Å². The molecule has 1 aromatic rings. The summed E-state index contributed by atoms with van der Waals surface area (Å²) in [6.07, 6.45) is 3.20. The van der Waals surface area contributed by atoms with Gasteiger partial charge in [0.25, 0.3) is 0 Å². The van der Waals surface area contributed by atoms with Gasteiger partial charge >= 0.3 is 5.97 Å². The summed E-state index contributed by atoms with van der Waals surface area (Å²) in [7, 11) is 0. The highest BCUT2D eigenvalue weighted by molar-refractivity contribution is 5.85. The lowest BCUT2D eigenvalue weighted by Gasteiger charge is -2.12. The van der Waals surface area contributed by atoms with Crippen LogP contribution in [-0.4, -0.2) is 38.8 Å². The molecule has 0 radical (unpaired) electrons. The van der Waals surface area contributed by atoms with Crippen molar-refractivity contribution in [3.63, 3.8) is 0 Å². The Hall–Kier alpha value is -1.69. The maximum Gasteiger partial charge on any atom is 0.356 e. The molecule has 82 valence electrons. The molecule has 0 fully saturated rings. The Balaban J connectivity index is 2.69. The van der Waals surface area contributed by atoms with Crippen LogP contribution in [0.3, 0.4) is 0 Å². The van der Waals surface area contributed by atoms with Crippen LogP contribution in [0.15, 0.2) is 12.4 Å². The van der Waals surface area contributed by atoms with Crippen molar-refractivity contribution in [2.75, 3.05) is 11.9 Å². The van der Waals surface area contributed by atoms with Gasteiger partial charge in [-0.2, -0.15) is 0 Å². The van der Waals surface area contributed by atoms with E-state index in [4.69, 9.17) is 10.2 Å². The number of hydrogen-bond donors (Lipinski definition) is 3. The first kappa shape index (κ1) is 11.4. The largest absolute Gasteiger partial charge is 0.476 e. The number of anilines is 1. The molecule has 0 bridgehead atoms. The Morgan fingerprint density at radius 3 is 2.93 bits per heavy atom. The van der Waals surface area contributed by atoms with Gasteiger partial charge in [0.05, 0.1) is 12.4 Å². The quantitative estimate of drug-likeness (QED) is 0.650. The van der Waals surface area contributed by atoms with Gasteiger partial charge in [0.15, 0.2) is 5.69 Å². The number of aliphatic hydroxyl groups is 1. The molecule has 6 nitrogen and oxygen atoms in total. The third kappa shape index (κ3) is 3.51. The van der Waals surface area contributed by atoms with Crippen LogP contribution in [0.2, 0.25) is 0 Å². The number of carbonyl (C=O) groups is 1. The van der Waals surface area contributed by atoms with Crippen molar-refractivity contribution >= 4 is 11.8 Å². The number of aromatic nitrogens is 2. The summed E-state index contributed by atoms with van der Waals surface area (Å²) in [5, 5.41) is 20.3. The van der Waals surface area contributed by atoms with E-state index in [-0.39, 0.29) is 18.3 Å². The number of aliphatic hydroxyl groups excluding tert-OH is 1. The number of rotatable bonds is 5. The summed E-state index contributed by atoms with van der Waals surface area (Å²) in [5.74, 6) is -0.711. The Morgan fingerprint density at radius 1 is 1.60 bits per heavy atom. The molecule has 0 aromatic carbocycles. The molecule has 3 N–H and O–H groups in total. The van der Waals surface area contributed by atoms with Crippen molar-refractivity contribution in [1.82, 2.24) is 9.97 Å². The highest BCUT2D eigenvalue weighted by Crippen LogP contribution is 2.05. The van der Waals surface area contributed by atoms with E-state index in [9.17, 15) is 4.79 Å². The van der Waals surface area contributed by atoms with Crippen LogP contribution in [0, 0.1) is 0 Å². The van der Waals surface area contributed by atoms with E-state index in [1.165, 1.54) is 12.4 Å². The number of carboxylic acid groups (broad SMARTS) is 1. The minimum atomic E-state index is -1.11. The molecule has 1 atom stereocenters. The predicted octanol–water partition coefficient (Wildman–Crippen LogP) is 0.358. The third-order valence-corrected chi connectivity index (χ3v) is 1.81. The van der Waals surface area contributed by atoms with E-state index in [0.717, 1.165) is 0 Å². The van der Waals surface area contributed by atoms with Gasteiger partial charge in [-0.05, 0) is 13.3 Å². The van der Waals surface area contributed by atoms with Crippen molar-refractivity contribution in [1.29, 1.82) is 0 Å². The fourth-order valence-corrected chi connectivity index (χ4v) is 1.06. The molecule has 0 aliphatic rings. The van der Waals surface area contributed by atoms with Crippen molar-refractivity contribution in [3.8, 4) is 0 Å². The summed E-state index contributed by atoms with van der Waals surface area (Å²) in [5.41, 5.74) is -0.101. The molecule has 0 saturated heterocycles. The topological polar surface area (TPSA) is 95.3 Å². The summed E-state index contributed by atoms with van der Waals surface area (Å²) in [6, 6.07) is 0.0216. The normalized spacial score (nSPS) is 12.1. The lowest BCUT2D eigenvalue weighted by atomic mass is 10.2. The molecule has 0 amide bonds. The van der Waals surface area contributed by atoms with Crippen LogP contribution >= 0.6 is 0 Å². The van der Waals surface area contributed by atoms with Gasteiger partial charge < -0.3 is 15.5 Å². The van der Waals surface area contributed by atoms with Crippen LogP contribution in [0.25, 0.3) is 0 Å². The van der Waals surface area contributed by atoms with E-state index in [0.29, 0.717) is 12.2 Å². The Kier molecular flexibility index (Phi) is 3.99. The van der Waals surface area contributed by atoms with E-state index >= 15 is 0 Å². The van der Waals surface area contributed by atoms with E-state index < -0.39 is 5.97 Å². The standard InChI is InChI=1S/C9H13N3O3/c1-6(2-3-13)11-8-5-10-4-7(12-8)9(14)15/h4-6,13H,2-3H2,1H3,(H,11,12)(H,14,15). The van der Waals surface area contributed by atoms with Gasteiger partial charge in [-0.3, -0.25) is 4.98 Å². The second-order valence-electron chi connectivity index (χ2n) is 3.15. The molecule has 1 rings (SSSR count). The zero-order chi connectivity index (χ0) is 11.3. The number of carboxylic acids is 1. The number of nitrogens with one attached hydrogen (secondary N) is 1. The van der Waals surface area contributed by atoms with Gasteiger partial charge in [0.1, 0.15) is 5.82 Å². The average Bonchev–Trinajstić information content (AvgIpc) is 2.18. The number of hydrogen-bond acceptors (Lipinski definition) is 5. The number of aromatic carboxylic acids is 1. The lowest BCUT2D eigenvalue weighted by molar-refractivity contribution is 0.0690. The molecule has 0 saturated carbocycles. The SMILES string of the molecule is CC(CCO)Nc1cncc(C(=O)O)n1. The first-order chi connectivity index (χ1) is 7.13. The zero-order valence-corrected chi connectivity index (χ0v) is 8.34. The van der Waals surface area contributed by atoms with Crippen LogP contribution < -0.4 is 5.32 Å². The molecule has 1 aromatic heterocycles. The maximum absolute atomic E-state index is 10.6.